The molecule has 3 rings (SSSR count). The number of nitrogens with one attached hydrogen (secondary N) is 1. The Kier molecular flexibility index (Phi) is 5.08. The SMILES string of the molecule is Cn1ccnc1C(=O)c1ccc(NC(=O)CC2CCCCC2)cc1. The van der Waals surface area contributed by atoms with Crippen LogP contribution in [0.4, 0.5) is 5.69 Å². The van der Waals surface area contributed by atoms with E-state index in [4.69, 9.17) is 0 Å². The molecule has 1 aromatic heterocycles. The van der Waals surface area contributed by atoms with Crippen molar-refractivity contribution >= 4 is 17.4 Å². The van der Waals surface area contributed by atoms with Gasteiger partial charge in [-0.15, -0.1) is 0 Å². The summed E-state index contributed by atoms with van der Waals surface area (Å²) in [6.45, 7) is 0. The van der Waals surface area contributed by atoms with Crippen LogP contribution in [0.15, 0.2) is 36.7 Å². The molecule has 0 atom stereocenters. The standard InChI is InChI=1S/C19H23N3O2/c1-22-12-11-20-19(22)18(24)15-7-9-16(10-8-15)21-17(23)13-14-5-3-2-4-6-14/h7-12,14H,2-6,13H2,1H3,(H,21,23). The first-order valence-electron chi connectivity index (χ1n) is 8.55. The average molecular weight is 325 g/mol. The molecule has 0 saturated heterocycles. The van der Waals surface area contributed by atoms with Crippen LogP contribution in [0, 0.1) is 5.92 Å². The van der Waals surface area contributed by atoms with Gasteiger partial charge in [-0.2, -0.15) is 0 Å². The van der Waals surface area contributed by atoms with E-state index < -0.39 is 0 Å². The third kappa shape index (κ3) is 3.91. The van der Waals surface area contributed by atoms with Gasteiger partial charge in [-0.05, 0) is 43.0 Å². The quantitative estimate of drug-likeness (QED) is 0.855. The van der Waals surface area contributed by atoms with E-state index in [0.717, 1.165) is 18.5 Å². The number of imidazole rings is 1. The Bertz CT molecular complexity index is 712. The first kappa shape index (κ1) is 16.4. The molecule has 1 heterocycles. The lowest BCUT2D eigenvalue weighted by atomic mass is 9.87. The Morgan fingerprint density at radius 2 is 1.88 bits per heavy atom. The van der Waals surface area contributed by atoms with Crippen LogP contribution >= 0.6 is 0 Å². The van der Waals surface area contributed by atoms with E-state index in [-0.39, 0.29) is 11.7 Å². The maximum Gasteiger partial charge on any atom is 0.228 e. The third-order valence-corrected chi connectivity index (χ3v) is 4.65. The van der Waals surface area contributed by atoms with E-state index in [1.165, 1.54) is 19.3 Å². The number of carbonyl (C=O) groups excluding carboxylic acids is 2. The summed E-state index contributed by atoms with van der Waals surface area (Å²) in [7, 11) is 1.79. The molecule has 0 spiro atoms. The number of aryl methyl sites for hydroxylation is 1. The summed E-state index contributed by atoms with van der Waals surface area (Å²) in [5, 5.41) is 2.93. The maximum atomic E-state index is 12.4. The molecule has 1 aromatic carbocycles. The Morgan fingerprint density at radius 3 is 2.50 bits per heavy atom. The first-order valence-corrected chi connectivity index (χ1v) is 8.55. The largest absolute Gasteiger partial charge is 0.331 e. The summed E-state index contributed by atoms with van der Waals surface area (Å²) in [4.78, 5) is 28.6. The van der Waals surface area contributed by atoms with Crippen LogP contribution in [-0.2, 0) is 11.8 Å². The Balaban J connectivity index is 1.59. The Morgan fingerprint density at radius 1 is 1.17 bits per heavy atom. The van der Waals surface area contributed by atoms with Crippen LogP contribution in [0.1, 0.15) is 54.7 Å². The minimum atomic E-state index is -0.123. The van der Waals surface area contributed by atoms with Crippen molar-refractivity contribution in [3.8, 4) is 0 Å². The van der Waals surface area contributed by atoms with Crippen molar-refractivity contribution < 1.29 is 9.59 Å². The molecule has 126 valence electrons. The van der Waals surface area contributed by atoms with Gasteiger partial charge in [0.25, 0.3) is 0 Å². The molecule has 1 aliphatic carbocycles. The molecule has 5 nitrogen and oxygen atoms in total. The van der Waals surface area contributed by atoms with Crippen LogP contribution in [0.5, 0.6) is 0 Å². The van der Waals surface area contributed by atoms with Crippen molar-refractivity contribution in [1.82, 2.24) is 9.55 Å². The third-order valence-electron chi connectivity index (χ3n) is 4.65. The molecule has 0 radical (unpaired) electrons. The number of aromatic nitrogens is 2. The van der Waals surface area contributed by atoms with Crippen LogP contribution in [0.3, 0.4) is 0 Å². The van der Waals surface area contributed by atoms with Gasteiger partial charge in [0, 0.05) is 37.1 Å². The first-order chi connectivity index (χ1) is 11.6. The van der Waals surface area contributed by atoms with Gasteiger partial charge >= 0.3 is 0 Å². The van der Waals surface area contributed by atoms with Crippen molar-refractivity contribution in [2.45, 2.75) is 38.5 Å². The van der Waals surface area contributed by atoms with Gasteiger partial charge in [-0.1, -0.05) is 19.3 Å². The summed E-state index contributed by atoms with van der Waals surface area (Å²) in [6.07, 6.45) is 10.0. The smallest absolute Gasteiger partial charge is 0.228 e. The number of benzene rings is 1. The fourth-order valence-electron chi connectivity index (χ4n) is 3.28. The minimum absolute atomic E-state index is 0.0603. The summed E-state index contributed by atoms with van der Waals surface area (Å²) in [5.41, 5.74) is 1.29. The predicted octanol–water partition coefficient (Wildman–Crippen LogP) is 3.56. The highest BCUT2D eigenvalue weighted by atomic mass is 16.1. The summed E-state index contributed by atoms with van der Waals surface area (Å²) < 4.78 is 1.70. The molecule has 1 saturated carbocycles. The van der Waals surface area contributed by atoms with E-state index in [1.54, 1.807) is 48.3 Å². The van der Waals surface area contributed by atoms with E-state index >= 15 is 0 Å². The molecule has 1 fully saturated rings. The summed E-state index contributed by atoms with van der Waals surface area (Å²) in [6, 6.07) is 7.00. The topological polar surface area (TPSA) is 64.0 Å². The molecule has 0 aliphatic heterocycles. The molecule has 2 aromatic rings. The molecular formula is C19H23N3O2. The van der Waals surface area contributed by atoms with Crippen LogP contribution < -0.4 is 5.32 Å². The number of rotatable bonds is 5. The van der Waals surface area contributed by atoms with E-state index in [9.17, 15) is 9.59 Å². The van der Waals surface area contributed by atoms with E-state index in [1.807, 2.05) is 0 Å². The summed E-state index contributed by atoms with van der Waals surface area (Å²) in [5.74, 6) is 0.861. The van der Waals surface area contributed by atoms with Crippen molar-refractivity contribution in [2.75, 3.05) is 5.32 Å². The number of hydrogen-bond acceptors (Lipinski definition) is 3. The number of ketones is 1. The highest BCUT2D eigenvalue weighted by molar-refractivity contribution is 6.07. The van der Waals surface area contributed by atoms with Gasteiger partial charge in [0.1, 0.15) is 0 Å². The van der Waals surface area contributed by atoms with Crippen molar-refractivity contribution in [3.63, 3.8) is 0 Å². The number of amides is 1. The van der Waals surface area contributed by atoms with E-state index in [2.05, 4.69) is 10.3 Å². The van der Waals surface area contributed by atoms with Gasteiger partial charge < -0.3 is 9.88 Å². The predicted molar refractivity (Wildman–Crippen MR) is 92.9 cm³/mol. The van der Waals surface area contributed by atoms with Gasteiger partial charge in [0.05, 0.1) is 0 Å². The van der Waals surface area contributed by atoms with Crippen molar-refractivity contribution in [1.29, 1.82) is 0 Å². The average Bonchev–Trinajstić information content (AvgIpc) is 3.02. The lowest BCUT2D eigenvalue weighted by molar-refractivity contribution is -0.117. The fourth-order valence-corrected chi connectivity index (χ4v) is 3.28. The molecule has 24 heavy (non-hydrogen) atoms. The zero-order valence-corrected chi connectivity index (χ0v) is 14.0. The van der Waals surface area contributed by atoms with E-state index in [0.29, 0.717) is 23.7 Å². The molecule has 5 heteroatoms. The number of hydrogen-bond donors (Lipinski definition) is 1. The zero-order chi connectivity index (χ0) is 16.9. The second kappa shape index (κ2) is 7.43. The Hall–Kier alpha value is -2.43. The fraction of sp³-hybridized carbons (Fsp3) is 0.421. The number of carbonyl (C=O) groups is 2. The minimum Gasteiger partial charge on any atom is -0.331 e. The van der Waals surface area contributed by atoms with Gasteiger partial charge in [0.2, 0.25) is 11.7 Å². The second-order valence-electron chi connectivity index (χ2n) is 6.52. The Labute approximate surface area is 142 Å². The molecule has 0 unspecified atom stereocenters. The maximum absolute atomic E-state index is 12.4. The second-order valence-corrected chi connectivity index (χ2v) is 6.52. The number of nitrogens with zero attached hydrogens (tertiary/aromatic N) is 2. The summed E-state index contributed by atoms with van der Waals surface area (Å²) >= 11 is 0. The monoisotopic (exact) mass is 325 g/mol. The number of anilines is 1. The van der Waals surface area contributed by atoms with Crippen LogP contribution in [0.25, 0.3) is 0 Å². The molecule has 1 amide bonds. The van der Waals surface area contributed by atoms with Gasteiger partial charge in [-0.3, -0.25) is 9.59 Å². The van der Waals surface area contributed by atoms with Crippen molar-refractivity contribution in [2.24, 2.45) is 13.0 Å². The lowest BCUT2D eigenvalue weighted by Gasteiger charge is -2.20. The molecular weight excluding hydrogens is 302 g/mol. The molecule has 1 N–H and O–H groups in total. The van der Waals surface area contributed by atoms with Gasteiger partial charge in [-0.25, -0.2) is 4.98 Å². The van der Waals surface area contributed by atoms with Gasteiger partial charge in [0.15, 0.2) is 5.82 Å². The zero-order valence-electron chi connectivity index (χ0n) is 14.0. The lowest BCUT2D eigenvalue weighted by Crippen LogP contribution is -2.18. The van der Waals surface area contributed by atoms with Crippen molar-refractivity contribution in [3.05, 3.63) is 48.0 Å². The highest BCUT2D eigenvalue weighted by Crippen LogP contribution is 2.26. The molecule has 1 aliphatic rings. The van der Waals surface area contributed by atoms with Crippen LogP contribution in [0.2, 0.25) is 0 Å². The normalized spacial score (nSPS) is 15.2. The molecule has 0 bridgehead atoms. The highest BCUT2D eigenvalue weighted by Gasteiger charge is 2.17. The van der Waals surface area contributed by atoms with Crippen LogP contribution in [-0.4, -0.2) is 21.2 Å².